The lowest BCUT2D eigenvalue weighted by molar-refractivity contribution is 0.361. The van der Waals surface area contributed by atoms with Crippen LogP contribution in [0, 0.1) is 29.1 Å². The Kier molecular flexibility index (Phi) is 4.90. The molecule has 2 aromatic carbocycles. The van der Waals surface area contributed by atoms with Crippen molar-refractivity contribution in [2.45, 2.75) is 10.6 Å². The summed E-state index contributed by atoms with van der Waals surface area (Å²) >= 11 is 0.389. The summed E-state index contributed by atoms with van der Waals surface area (Å²) in [7, 11) is 1.42. The first-order chi connectivity index (χ1) is 12.3. The van der Waals surface area contributed by atoms with Gasteiger partial charge in [-0.2, -0.15) is 0 Å². The van der Waals surface area contributed by atoms with Crippen LogP contribution in [0.15, 0.2) is 38.4 Å². The molecule has 9 heteroatoms. The quantitative estimate of drug-likeness (QED) is 0.212. The van der Waals surface area contributed by atoms with Crippen LogP contribution in [0.5, 0.6) is 5.75 Å². The predicted molar refractivity (Wildman–Crippen MR) is 84.8 cm³/mol. The van der Waals surface area contributed by atoms with E-state index in [1.807, 2.05) is 0 Å². The fourth-order valence-corrected chi connectivity index (χ4v) is 3.29. The summed E-state index contributed by atoms with van der Waals surface area (Å²) in [6.45, 7) is 0. The van der Waals surface area contributed by atoms with E-state index in [-0.39, 0.29) is 11.3 Å². The average Bonchev–Trinajstić information content (AvgIpc) is 2.63. The fraction of sp³-hybridized carbons (Fsp3) is 0.118. The van der Waals surface area contributed by atoms with E-state index >= 15 is 0 Å². The van der Waals surface area contributed by atoms with E-state index in [1.54, 1.807) is 12.1 Å². The molecule has 0 saturated heterocycles. The van der Waals surface area contributed by atoms with Gasteiger partial charge in [0.05, 0.1) is 12.0 Å². The molecular formula is C17H9F5O3S. The summed E-state index contributed by atoms with van der Waals surface area (Å²) in [5, 5.41) is 0.446. The molecule has 1 aromatic heterocycles. The first-order valence-electron chi connectivity index (χ1n) is 7.08. The van der Waals surface area contributed by atoms with Gasteiger partial charge in [-0.1, -0.05) is 0 Å². The van der Waals surface area contributed by atoms with E-state index in [0.29, 0.717) is 28.5 Å². The van der Waals surface area contributed by atoms with Crippen LogP contribution < -0.4 is 10.4 Å². The van der Waals surface area contributed by atoms with Crippen molar-refractivity contribution >= 4 is 22.7 Å². The molecule has 0 fully saturated rings. The van der Waals surface area contributed by atoms with Crippen LogP contribution in [0.25, 0.3) is 11.0 Å². The third kappa shape index (κ3) is 3.14. The second-order valence-corrected chi connectivity index (χ2v) is 6.13. The molecule has 26 heavy (non-hydrogen) atoms. The topological polar surface area (TPSA) is 39.4 Å². The second-order valence-electron chi connectivity index (χ2n) is 5.14. The molecule has 3 nitrogen and oxygen atoms in total. The number of rotatable bonds is 4. The predicted octanol–water partition coefficient (Wildman–Crippen LogP) is 4.79. The van der Waals surface area contributed by atoms with Crippen molar-refractivity contribution in [2.24, 2.45) is 0 Å². The summed E-state index contributed by atoms with van der Waals surface area (Å²) in [4.78, 5) is 10.7. The molecular weight excluding hydrogens is 379 g/mol. The van der Waals surface area contributed by atoms with Crippen LogP contribution in [-0.4, -0.2) is 7.11 Å². The molecule has 0 spiro atoms. The second kappa shape index (κ2) is 6.99. The molecule has 0 N–H and O–H groups in total. The lowest BCUT2D eigenvalue weighted by atomic mass is 10.1. The number of thioether (sulfide) groups is 1. The highest BCUT2D eigenvalue weighted by Gasteiger charge is 2.26. The van der Waals surface area contributed by atoms with Gasteiger partial charge in [0.15, 0.2) is 23.3 Å². The molecule has 3 rings (SSSR count). The third-order valence-electron chi connectivity index (χ3n) is 3.58. The normalized spacial score (nSPS) is 11.2. The van der Waals surface area contributed by atoms with E-state index in [0.717, 1.165) is 6.07 Å². The minimum absolute atomic E-state index is 0.171. The zero-order valence-corrected chi connectivity index (χ0v) is 13.9. The van der Waals surface area contributed by atoms with Crippen LogP contribution >= 0.6 is 11.8 Å². The van der Waals surface area contributed by atoms with Gasteiger partial charge in [0.25, 0.3) is 0 Å². The average molecular weight is 388 g/mol. The summed E-state index contributed by atoms with van der Waals surface area (Å²) in [6.07, 6.45) is 0. The van der Waals surface area contributed by atoms with Gasteiger partial charge < -0.3 is 9.15 Å². The van der Waals surface area contributed by atoms with Gasteiger partial charge in [0.2, 0.25) is 5.82 Å². The molecule has 0 unspecified atom stereocenters. The van der Waals surface area contributed by atoms with E-state index in [2.05, 4.69) is 0 Å². The standard InChI is InChI=1S/C17H9F5O3S/c1-24-8-2-3-9-7(4-11(23)25-10(9)5-8)6-26-17-15(21)13(19)12(18)14(20)16(17)22/h2-5H,6H2,1H3. The number of hydrogen-bond acceptors (Lipinski definition) is 4. The van der Waals surface area contributed by atoms with Crippen molar-refractivity contribution < 1.29 is 31.1 Å². The van der Waals surface area contributed by atoms with Gasteiger partial charge in [0, 0.05) is 23.3 Å². The number of benzene rings is 2. The highest BCUT2D eigenvalue weighted by Crippen LogP contribution is 2.34. The Bertz CT molecular complexity index is 1040. The number of methoxy groups -OCH3 is 1. The van der Waals surface area contributed by atoms with Gasteiger partial charge in [-0.3, -0.25) is 0 Å². The monoisotopic (exact) mass is 388 g/mol. The van der Waals surface area contributed by atoms with Crippen molar-refractivity contribution in [1.29, 1.82) is 0 Å². The Balaban J connectivity index is 2.02. The van der Waals surface area contributed by atoms with Crippen molar-refractivity contribution in [1.82, 2.24) is 0 Å². The highest BCUT2D eigenvalue weighted by molar-refractivity contribution is 7.98. The lowest BCUT2D eigenvalue weighted by Gasteiger charge is -2.09. The van der Waals surface area contributed by atoms with Crippen LogP contribution in [0.3, 0.4) is 0 Å². The Morgan fingerprint density at radius 3 is 2.19 bits per heavy atom. The molecule has 3 aromatic rings. The molecule has 0 radical (unpaired) electrons. The van der Waals surface area contributed by atoms with Crippen molar-refractivity contribution in [3.63, 3.8) is 0 Å². The van der Waals surface area contributed by atoms with Crippen LogP contribution in [0.4, 0.5) is 22.0 Å². The smallest absolute Gasteiger partial charge is 0.336 e. The Hall–Kier alpha value is -2.55. The first-order valence-corrected chi connectivity index (χ1v) is 8.07. The molecule has 1 heterocycles. The lowest BCUT2D eigenvalue weighted by Crippen LogP contribution is -2.04. The fourth-order valence-electron chi connectivity index (χ4n) is 2.32. The Morgan fingerprint density at radius 1 is 0.962 bits per heavy atom. The highest BCUT2D eigenvalue weighted by atomic mass is 32.2. The molecule has 0 aliphatic heterocycles. The van der Waals surface area contributed by atoms with Crippen LogP contribution in [0.2, 0.25) is 0 Å². The van der Waals surface area contributed by atoms with Gasteiger partial charge >= 0.3 is 5.63 Å². The maximum atomic E-state index is 13.8. The minimum Gasteiger partial charge on any atom is -0.497 e. The molecule has 0 bridgehead atoms. The van der Waals surface area contributed by atoms with Crippen molar-refractivity contribution in [3.05, 3.63) is 69.3 Å². The molecule has 136 valence electrons. The molecule has 0 atom stereocenters. The van der Waals surface area contributed by atoms with E-state index in [1.165, 1.54) is 13.2 Å². The van der Waals surface area contributed by atoms with E-state index in [4.69, 9.17) is 9.15 Å². The zero-order chi connectivity index (χ0) is 19.0. The van der Waals surface area contributed by atoms with Crippen molar-refractivity contribution in [2.75, 3.05) is 7.11 Å². The minimum atomic E-state index is -2.22. The maximum absolute atomic E-state index is 13.8. The summed E-state index contributed by atoms with van der Waals surface area (Å²) in [5.74, 6) is -9.89. The van der Waals surface area contributed by atoms with Crippen LogP contribution in [-0.2, 0) is 5.75 Å². The Labute approximate surface area is 147 Å². The summed E-state index contributed by atoms with van der Waals surface area (Å²) < 4.78 is 77.2. The van der Waals surface area contributed by atoms with Gasteiger partial charge in [-0.25, -0.2) is 26.7 Å². The van der Waals surface area contributed by atoms with E-state index in [9.17, 15) is 26.7 Å². The van der Waals surface area contributed by atoms with Crippen molar-refractivity contribution in [3.8, 4) is 5.75 Å². The molecule has 0 aliphatic carbocycles. The first kappa shape index (κ1) is 18.2. The Morgan fingerprint density at radius 2 is 1.58 bits per heavy atom. The largest absolute Gasteiger partial charge is 0.497 e. The number of hydrogen-bond donors (Lipinski definition) is 0. The van der Waals surface area contributed by atoms with Gasteiger partial charge in [0.1, 0.15) is 11.3 Å². The number of halogens is 5. The third-order valence-corrected chi connectivity index (χ3v) is 4.68. The maximum Gasteiger partial charge on any atom is 0.336 e. The summed E-state index contributed by atoms with van der Waals surface area (Å²) in [5.41, 5.74) is -0.239. The SMILES string of the molecule is COc1ccc2c(CSc3c(F)c(F)c(F)c(F)c3F)cc(=O)oc2c1. The summed E-state index contributed by atoms with van der Waals surface area (Å²) in [6, 6.07) is 5.68. The molecule has 0 saturated carbocycles. The number of ether oxygens (including phenoxy) is 1. The van der Waals surface area contributed by atoms with Gasteiger partial charge in [-0.05, 0) is 17.7 Å². The van der Waals surface area contributed by atoms with Crippen LogP contribution in [0.1, 0.15) is 5.56 Å². The zero-order valence-electron chi connectivity index (χ0n) is 13.0. The number of fused-ring (bicyclic) bond motifs is 1. The molecule has 0 aliphatic rings. The van der Waals surface area contributed by atoms with Gasteiger partial charge in [-0.15, -0.1) is 11.8 Å². The molecule has 0 amide bonds. The van der Waals surface area contributed by atoms with E-state index < -0.39 is 39.6 Å².